The molecule has 0 aliphatic carbocycles. The predicted molar refractivity (Wildman–Crippen MR) is 108 cm³/mol. The molecule has 0 unspecified atom stereocenters. The zero-order valence-electron chi connectivity index (χ0n) is 16.9. The summed E-state index contributed by atoms with van der Waals surface area (Å²) in [5.41, 5.74) is 2.72. The summed E-state index contributed by atoms with van der Waals surface area (Å²) in [4.78, 5) is 27.1. The van der Waals surface area contributed by atoms with Crippen molar-refractivity contribution < 1.29 is 18.4 Å². The molecule has 8 heteroatoms. The standard InChI is InChI=1S/C22H23FN4O3/c1-14-9-12-30-20(14)21(28)25-17-7-10-26(11-8-17)22(29)19-13-24-27(15(19)2)18-5-3-16(23)4-6-18/h3-6,9,12-13,17H,7-8,10-11H2,1-2H3,(H,25,28). The molecule has 156 valence electrons. The van der Waals surface area contributed by atoms with Crippen LogP contribution in [0.25, 0.3) is 5.69 Å². The van der Waals surface area contributed by atoms with Gasteiger partial charge in [-0.05, 0) is 57.0 Å². The van der Waals surface area contributed by atoms with Crippen molar-refractivity contribution in [2.45, 2.75) is 32.7 Å². The van der Waals surface area contributed by atoms with E-state index in [4.69, 9.17) is 4.42 Å². The zero-order chi connectivity index (χ0) is 21.3. The molecule has 30 heavy (non-hydrogen) atoms. The third-order valence-corrected chi connectivity index (χ3v) is 5.50. The van der Waals surface area contributed by atoms with Gasteiger partial charge in [0.1, 0.15) is 5.82 Å². The largest absolute Gasteiger partial charge is 0.459 e. The lowest BCUT2D eigenvalue weighted by molar-refractivity contribution is 0.0695. The fourth-order valence-electron chi connectivity index (χ4n) is 3.72. The van der Waals surface area contributed by atoms with Crippen LogP contribution >= 0.6 is 0 Å². The number of halogens is 1. The second-order valence-corrected chi connectivity index (χ2v) is 7.50. The summed E-state index contributed by atoms with van der Waals surface area (Å²) in [6, 6.07) is 7.72. The van der Waals surface area contributed by atoms with E-state index in [0.717, 1.165) is 5.56 Å². The van der Waals surface area contributed by atoms with Crippen LogP contribution in [0.5, 0.6) is 0 Å². The van der Waals surface area contributed by atoms with Gasteiger partial charge < -0.3 is 14.6 Å². The first kappa shape index (κ1) is 19.9. The highest BCUT2D eigenvalue weighted by Crippen LogP contribution is 2.19. The summed E-state index contributed by atoms with van der Waals surface area (Å²) in [5.74, 6) is -0.305. The number of carbonyl (C=O) groups is 2. The summed E-state index contributed by atoms with van der Waals surface area (Å²) in [7, 11) is 0. The fourth-order valence-corrected chi connectivity index (χ4v) is 3.72. The van der Waals surface area contributed by atoms with Gasteiger partial charge in [0, 0.05) is 24.7 Å². The van der Waals surface area contributed by atoms with E-state index < -0.39 is 0 Å². The van der Waals surface area contributed by atoms with Crippen molar-refractivity contribution in [3.63, 3.8) is 0 Å². The Morgan fingerprint density at radius 2 is 1.83 bits per heavy atom. The minimum Gasteiger partial charge on any atom is -0.459 e. The van der Waals surface area contributed by atoms with Crippen molar-refractivity contribution >= 4 is 11.8 Å². The van der Waals surface area contributed by atoms with Crippen molar-refractivity contribution in [2.75, 3.05) is 13.1 Å². The number of nitrogens with zero attached hydrogens (tertiary/aromatic N) is 3. The molecule has 1 aliphatic rings. The molecule has 1 saturated heterocycles. The van der Waals surface area contributed by atoms with Gasteiger partial charge in [-0.15, -0.1) is 0 Å². The summed E-state index contributed by atoms with van der Waals surface area (Å²) in [6.45, 7) is 4.74. The number of benzene rings is 1. The average Bonchev–Trinajstić information content (AvgIpc) is 3.34. The number of hydrogen-bond acceptors (Lipinski definition) is 4. The molecule has 7 nitrogen and oxygen atoms in total. The van der Waals surface area contributed by atoms with Gasteiger partial charge in [0.15, 0.2) is 5.76 Å². The van der Waals surface area contributed by atoms with Crippen LogP contribution in [0.15, 0.2) is 47.2 Å². The summed E-state index contributed by atoms with van der Waals surface area (Å²) >= 11 is 0. The highest BCUT2D eigenvalue weighted by molar-refractivity contribution is 5.95. The third-order valence-electron chi connectivity index (χ3n) is 5.50. The molecule has 3 aromatic rings. The number of hydrogen-bond donors (Lipinski definition) is 1. The smallest absolute Gasteiger partial charge is 0.287 e. The Kier molecular flexibility index (Phi) is 5.39. The van der Waals surface area contributed by atoms with Crippen molar-refractivity contribution in [3.8, 4) is 5.69 Å². The highest BCUT2D eigenvalue weighted by Gasteiger charge is 2.27. The van der Waals surface area contributed by atoms with Crippen molar-refractivity contribution in [3.05, 3.63) is 71.2 Å². The topological polar surface area (TPSA) is 80.4 Å². The van der Waals surface area contributed by atoms with E-state index in [1.165, 1.54) is 18.4 Å². The molecular formula is C22H23FN4O3. The molecular weight excluding hydrogens is 387 g/mol. The minimum absolute atomic E-state index is 0.00548. The first-order valence-corrected chi connectivity index (χ1v) is 9.89. The lowest BCUT2D eigenvalue weighted by atomic mass is 10.0. The number of aryl methyl sites for hydroxylation is 1. The van der Waals surface area contributed by atoms with Gasteiger partial charge in [-0.25, -0.2) is 9.07 Å². The molecule has 4 rings (SSSR count). The minimum atomic E-state index is -0.322. The van der Waals surface area contributed by atoms with E-state index in [1.807, 2.05) is 13.8 Å². The highest BCUT2D eigenvalue weighted by atomic mass is 19.1. The maximum atomic E-state index is 13.2. The van der Waals surface area contributed by atoms with Crippen LogP contribution in [0.2, 0.25) is 0 Å². The number of nitrogens with one attached hydrogen (secondary N) is 1. The van der Waals surface area contributed by atoms with Gasteiger partial charge in [-0.1, -0.05) is 0 Å². The molecule has 1 aromatic carbocycles. The van der Waals surface area contributed by atoms with Gasteiger partial charge in [0.2, 0.25) is 0 Å². The Labute approximate surface area is 173 Å². The molecule has 0 atom stereocenters. The lowest BCUT2D eigenvalue weighted by Gasteiger charge is -2.32. The first-order chi connectivity index (χ1) is 14.4. The molecule has 2 amide bonds. The van der Waals surface area contributed by atoms with Crippen LogP contribution < -0.4 is 5.32 Å². The zero-order valence-corrected chi connectivity index (χ0v) is 16.9. The number of amides is 2. The van der Waals surface area contributed by atoms with Crippen molar-refractivity contribution in [1.82, 2.24) is 20.0 Å². The Bertz CT molecular complexity index is 1060. The summed E-state index contributed by atoms with van der Waals surface area (Å²) < 4.78 is 20.0. The molecule has 1 aliphatic heterocycles. The third kappa shape index (κ3) is 3.85. The number of aromatic nitrogens is 2. The quantitative estimate of drug-likeness (QED) is 0.716. The Morgan fingerprint density at radius 1 is 1.13 bits per heavy atom. The molecule has 0 saturated carbocycles. The number of rotatable bonds is 4. The Balaban J connectivity index is 1.38. The predicted octanol–water partition coefficient (Wildman–Crippen LogP) is 3.26. The number of likely N-dealkylation sites (tertiary alicyclic amines) is 1. The number of furan rings is 1. The second-order valence-electron chi connectivity index (χ2n) is 7.50. The molecule has 1 fully saturated rings. The van der Waals surface area contributed by atoms with E-state index in [0.29, 0.717) is 48.6 Å². The molecule has 1 N–H and O–H groups in total. The van der Waals surface area contributed by atoms with E-state index in [9.17, 15) is 14.0 Å². The van der Waals surface area contributed by atoms with Crippen LogP contribution in [0.1, 0.15) is 45.0 Å². The van der Waals surface area contributed by atoms with Crippen molar-refractivity contribution in [1.29, 1.82) is 0 Å². The monoisotopic (exact) mass is 410 g/mol. The summed E-state index contributed by atoms with van der Waals surface area (Å²) in [5, 5.41) is 7.29. The van der Waals surface area contributed by atoms with Gasteiger partial charge in [0.05, 0.1) is 29.4 Å². The van der Waals surface area contributed by atoms with Crippen LogP contribution in [-0.2, 0) is 0 Å². The SMILES string of the molecule is Cc1ccoc1C(=O)NC1CCN(C(=O)c2cnn(-c3ccc(F)cc3)c2C)CC1. The van der Waals surface area contributed by atoms with Crippen LogP contribution in [0, 0.1) is 19.7 Å². The maximum Gasteiger partial charge on any atom is 0.287 e. The van der Waals surface area contributed by atoms with Crippen molar-refractivity contribution in [2.24, 2.45) is 0 Å². The average molecular weight is 410 g/mol. The Hall–Kier alpha value is -3.42. The molecule has 0 spiro atoms. The molecule has 0 bridgehead atoms. The van der Waals surface area contributed by atoms with Gasteiger partial charge in [-0.2, -0.15) is 5.10 Å². The second kappa shape index (κ2) is 8.14. The lowest BCUT2D eigenvalue weighted by Crippen LogP contribution is -2.46. The molecule has 2 aromatic heterocycles. The van der Waals surface area contributed by atoms with Gasteiger partial charge in [0.25, 0.3) is 11.8 Å². The van der Waals surface area contributed by atoms with E-state index in [-0.39, 0.29) is 23.7 Å². The van der Waals surface area contributed by atoms with E-state index >= 15 is 0 Å². The maximum absolute atomic E-state index is 13.2. The summed E-state index contributed by atoms with van der Waals surface area (Å²) in [6.07, 6.45) is 4.39. The van der Waals surface area contributed by atoms with Crippen LogP contribution in [-0.4, -0.2) is 45.6 Å². The normalized spacial score (nSPS) is 14.7. The Morgan fingerprint density at radius 3 is 2.47 bits per heavy atom. The van der Waals surface area contributed by atoms with Gasteiger partial charge >= 0.3 is 0 Å². The van der Waals surface area contributed by atoms with E-state index in [2.05, 4.69) is 10.4 Å². The molecule has 0 radical (unpaired) electrons. The fraction of sp³-hybridized carbons (Fsp3) is 0.318. The van der Waals surface area contributed by atoms with Crippen LogP contribution in [0.4, 0.5) is 4.39 Å². The number of carbonyl (C=O) groups excluding carboxylic acids is 2. The first-order valence-electron chi connectivity index (χ1n) is 9.89. The van der Waals surface area contributed by atoms with Crippen LogP contribution in [0.3, 0.4) is 0 Å². The molecule has 3 heterocycles. The van der Waals surface area contributed by atoms with Gasteiger partial charge in [-0.3, -0.25) is 9.59 Å². The van der Waals surface area contributed by atoms with E-state index in [1.54, 1.807) is 34.0 Å². The number of piperidine rings is 1.